The molecule has 0 saturated heterocycles. The Bertz CT molecular complexity index is 1050. The van der Waals surface area contributed by atoms with E-state index in [9.17, 15) is 9.59 Å². The number of aromatic amines is 1. The number of aromatic nitrogens is 4. The Morgan fingerprint density at radius 2 is 1.86 bits per heavy atom. The molecule has 8 nitrogen and oxygen atoms in total. The van der Waals surface area contributed by atoms with Crippen molar-refractivity contribution in [2.75, 3.05) is 13.2 Å². The number of hydrogen-bond donors (Lipinski definition) is 1. The minimum Gasteiger partial charge on any atom is -0.462 e. The summed E-state index contributed by atoms with van der Waals surface area (Å²) in [6.45, 7) is 7.49. The molecular weight excluding hydrogens is 396 g/mol. The van der Waals surface area contributed by atoms with Crippen LogP contribution in [0.5, 0.6) is 0 Å². The van der Waals surface area contributed by atoms with Gasteiger partial charge < -0.3 is 9.47 Å². The number of halogens is 1. The Balaban J connectivity index is 1.80. The number of carbonyl (C=O) groups excluding carboxylic acids is 2. The van der Waals surface area contributed by atoms with Gasteiger partial charge in [-0.15, -0.1) is 5.10 Å². The molecular formula is C20H23ClN4O4. The summed E-state index contributed by atoms with van der Waals surface area (Å²) in [6.07, 6.45) is 0.0460. The molecule has 0 radical (unpaired) electrons. The number of ether oxygens (including phenoxy) is 2. The molecule has 29 heavy (non-hydrogen) atoms. The molecule has 0 unspecified atom stereocenters. The van der Waals surface area contributed by atoms with Gasteiger partial charge in [-0.25, -0.2) is 4.98 Å². The van der Waals surface area contributed by atoms with E-state index in [0.717, 1.165) is 16.8 Å². The van der Waals surface area contributed by atoms with Crippen LogP contribution < -0.4 is 0 Å². The highest BCUT2D eigenvalue weighted by Crippen LogP contribution is 2.32. The van der Waals surface area contributed by atoms with Gasteiger partial charge in [0, 0.05) is 17.9 Å². The lowest BCUT2D eigenvalue weighted by molar-refractivity contribution is -0.150. The molecule has 0 aliphatic rings. The molecule has 0 fully saturated rings. The monoisotopic (exact) mass is 418 g/mol. The van der Waals surface area contributed by atoms with Crippen LogP contribution in [0.15, 0.2) is 24.3 Å². The zero-order valence-electron chi connectivity index (χ0n) is 16.8. The maximum Gasteiger partial charge on any atom is 0.310 e. The van der Waals surface area contributed by atoms with Crippen molar-refractivity contribution in [3.63, 3.8) is 0 Å². The number of rotatable bonds is 6. The number of H-pyrrole nitrogens is 1. The van der Waals surface area contributed by atoms with Crippen molar-refractivity contribution < 1.29 is 19.1 Å². The second-order valence-corrected chi connectivity index (χ2v) is 7.99. The van der Waals surface area contributed by atoms with E-state index in [1.807, 2.05) is 45.0 Å². The van der Waals surface area contributed by atoms with E-state index in [2.05, 4.69) is 15.2 Å². The van der Waals surface area contributed by atoms with Crippen LogP contribution in [0.25, 0.3) is 17.0 Å². The first-order chi connectivity index (χ1) is 13.7. The summed E-state index contributed by atoms with van der Waals surface area (Å²) in [4.78, 5) is 27.4. The quantitative estimate of drug-likeness (QED) is 0.487. The average molecular weight is 419 g/mol. The van der Waals surface area contributed by atoms with Gasteiger partial charge >= 0.3 is 11.9 Å². The highest BCUT2D eigenvalue weighted by Gasteiger charge is 2.25. The number of hydrogen-bond acceptors (Lipinski definition) is 6. The van der Waals surface area contributed by atoms with Crippen molar-refractivity contribution in [2.24, 2.45) is 0 Å². The smallest absolute Gasteiger partial charge is 0.310 e. The molecule has 9 heteroatoms. The summed E-state index contributed by atoms with van der Waals surface area (Å²) in [5, 5.41) is 8.20. The third-order valence-electron chi connectivity index (χ3n) is 4.24. The molecule has 0 aliphatic heterocycles. The van der Waals surface area contributed by atoms with Gasteiger partial charge in [-0.05, 0) is 5.56 Å². The predicted octanol–water partition coefficient (Wildman–Crippen LogP) is 3.32. The van der Waals surface area contributed by atoms with Crippen LogP contribution in [0, 0.1) is 0 Å². The van der Waals surface area contributed by atoms with Gasteiger partial charge in [0.25, 0.3) is 0 Å². The van der Waals surface area contributed by atoms with Gasteiger partial charge in [0.2, 0.25) is 0 Å². The van der Waals surface area contributed by atoms with E-state index < -0.39 is 11.9 Å². The van der Waals surface area contributed by atoms with E-state index in [1.165, 1.54) is 6.92 Å². The van der Waals surface area contributed by atoms with Crippen molar-refractivity contribution >= 4 is 29.2 Å². The number of carbonyl (C=O) groups is 2. The molecule has 0 spiro atoms. The van der Waals surface area contributed by atoms with Crippen LogP contribution in [0.2, 0.25) is 5.02 Å². The molecule has 1 N–H and O–H groups in total. The normalized spacial score (nSPS) is 11.6. The summed E-state index contributed by atoms with van der Waals surface area (Å²) in [6, 6.07) is 7.34. The molecule has 1 aromatic carbocycles. The van der Waals surface area contributed by atoms with Crippen LogP contribution in [0.1, 0.15) is 39.0 Å². The third-order valence-corrected chi connectivity index (χ3v) is 4.59. The fraction of sp³-hybridized carbons (Fsp3) is 0.400. The van der Waals surface area contributed by atoms with Gasteiger partial charge in [-0.3, -0.25) is 14.7 Å². The highest BCUT2D eigenvalue weighted by atomic mass is 35.5. The number of benzene rings is 1. The van der Waals surface area contributed by atoms with Gasteiger partial charge in [0.15, 0.2) is 11.5 Å². The lowest BCUT2D eigenvalue weighted by atomic mass is 9.92. The average Bonchev–Trinajstić information content (AvgIpc) is 3.18. The Labute approximate surface area is 173 Å². The first-order valence-corrected chi connectivity index (χ1v) is 9.56. The van der Waals surface area contributed by atoms with Gasteiger partial charge in [0.1, 0.15) is 18.2 Å². The topological polar surface area (TPSA) is 98.6 Å². The molecule has 0 bridgehead atoms. The molecule has 3 aromatic rings. The molecule has 2 heterocycles. The number of esters is 2. The molecule has 0 saturated carbocycles. The fourth-order valence-corrected chi connectivity index (χ4v) is 3.30. The SMILES string of the molecule is CC(=O)OCCOC(=O)Cc1ccccc1-c1nc2c(Cl)c(C(C)(C)C)[nH]n2n1. The number of fused-ring (bicyclic) bond motifs is 1. The van der Waals surface area contributed by atoms with Crippen LogP contribution in [0.3, 0.4) is 0 Å². The number of nitrogens with zero attached hydrogens (tertiary/aromatic N) is 3. The van der Waals surface area contributed by atoms with Gasteiger partial charge in [-0.1, -0.05) is 56.6 Å². The third kappa shape index (κ3) is 4.76. The maximum absolute atomic E-state index is 12.1. The second-order valence-electron chi connectivity index (χ2n) is 7.62. The summed E-state index contributed by atoms with van der Waals surface area (Å²) in [5.74, 6) is -0.384. The molecule has 2 aromatic heterocycles. The number of nitrogens with one attached hydrogen (secondary N) is 1. The minimum absolute atomic E-state index is 0.0114. The Kier molecular flexibility index (Phi) is 5.93. The first-order valence-electron chi connectivity index (χ1n) is 9.19. The van der Waals surface area contributed by atoms with E-state index in [1.54, 1.807) is 4.63 Å². The Morgan fingerprint density at radius 3 is 2.52 bits per heavy atom. The van der Waals surface area contributed by atoms with E-state index >= 15 is 0 Å². The van der Waals surface area contributed by atoms with Crippen molar-refractivity contribution in [1.82, 2.24) is 19.8 Å². The van der Waals surface area contributed by atoms with Crippen LogP contribution in [0.4, 0.5) is 0 Å². The second kappa shape index (κ2) is 8.24. The molecule has 3 rings (SSSR count). The van der Waals surface area contributed by atoms with Crippen LogP contribution in [-0.4, -0.2) is 45.0 Å². The molecule has 0 amide bonds. The lowest BCUT2D eigenvalue weighted by Crippen LogP contribution is -2.14. The van der Waals surface area contributed by atoms with E-state index in [4.69, 9.17) is 21.1 Å². The summed E-state index contributed by atoms with van der Waals surface area (Å²) >= 11 is 6.50. The molecule has 0 atom stereocenters. The first kappa shape index (κ1) is 20.9. The zero-order valence-corrected chi connectivity index (χ0v) is 17.5. The summed E-state index contributed by atoms with van der Waals surface area (Å²) < 4.78 is 11.4. The van der Waals surface area contributed by atoms with Crippen LogP contribution >= 0.6 is 11.6 Å². The van der Waals surface area contributed by atoms with Crippen LogP contribution in [-0.2, 0) is 30.9 Å². The lowest BCUT2D eigenvalue weighted by Gasteiger charge is -2.16. The minimum atomic E-state index is -0.428. The Morgan fingerprint density at radius 1 is 1.17 bits per heavy atom. The largest absolute Gasteiger partial charge is 0.462 e. The fourth-order valence-electron chi connectivity index (χ4n) is 2.85. The van der Waals surface area contributed by atoms with Gasteiger partial charge in [-0.2, -0.15) is 4.63 Å². The van der Waals surface area contributed by atoms with Crippen molar-refractivity contribution in [2.45, 2.75) is 39.5 Å². The zero-order chi connectivity index (χ0) is 21.2. The van der Waals surface area contributed by atoms with Crippen molar-refractivity contribution in [3.05, 3.63) is 40.5 Å². The maximum atomic E-state index is 12.1. The predicted molar refractivity (Wildman–Crippen MR) is 108 cm³/mol. The standard InChI is InChI=1S/C20H23ClN4O4/c1-12(26)28-9-10-29-15(27)11-13-7-5-6-8-14(13)18-22-19-16(21)17(20(2,3)4)23-25(19)24-18/h5-8,23H,9-11H2,1-4H3. The molecule has 154 valence electrons. The Hall–Kier alpha value is -2.87. The summed E-state index contributed by atoms with van der Waals surface area (Å²) in [7, 11) is 0. The van der Waals surface area contributed by atoms with Gasteiger partial charge in [0.05, 0.1) is 12.1 Å². The van der Waals surface area contributed by atoms with E-state index in [0.29, 0.717) is 16.5 Å². The highest BCUT2D eigenvalue weighted by molar-refractivity contribution is 6.34. The molecule has 0 aliphatic carbocycles. The summed E-state index contributed by atoms with van der Waals surface area (Å²) in [5.41, 5.74) is 2.66. The van der Waals surface area contributed by atoms with Crippen molar-refractivity contribution in [3.8, 4) is 11.4 Å². The van der Waals surface area contributed by atoms with Crippen molar-refractivity contribution in [1.29, 1.82) is 0 Å². The van der Waals surface area contributed by atoms with E-state index in [-0.39, 0.29) is 25.0 Å².